The van der Waals surface area contributed by atoms with Gasteiger partial charge in [0.1, 0.15) is 12.1 Å². The van der Waals surface area contributed by atoms with Gasteiger partial charge in [0, 0.05) is 6.04 Å². The Hall–Kier alpha value is -1.33. The van der Waals surface area contributed by atoms with E-state index in [1.807, 2.05) is 13.0 Å². The van der Waals surface area contributed by atoms with Gasteiger partial charge in [-0.15, -0.1) is 0 Å². The first-order valence-electron chi connectivity index (χ1n) is 5.81. The second-order valence-electron chi connectivity index (χ2n) is 4.00. The molecular formula is C13H15FN2OS. The highest BCUT2D eigenvalue weighted by molar-refractivity contribution is 7.99. The first-order valence-corrected chi connectivity index (χ1v) is 6.62. The molecule has 0 aliphatic carbocycles. The molecule has 0 saturated heterocycles. The van der Waals surface area contributed by atoms with Gasteiger partial charge in [-0.1, -0.05) is 19.1 Å². The Morgan fingerprint density at radius 1 is 1.50 bits per heavy atom. The smallest absolute Gasteiger partial charge is 0.260 e. The maximum Gasteiger partial charge on any atom is 0.260 e. The molecule has 5 heteroatoms. The molecule has 1 aromatic carbocycles. The lowest BCUT2D eigenvalue weighted by atomic mass is 10.0. The third-order valence-electron chi connectivity index (χ3n) is 2.65. The number of benzene rings is 1. The molecule has 0 bridgehead atoms. The molecule has 0 aliphatic heterocycles. The average molecular weight is 266 g/mol. The zero-order chi connectivity index (χ0) is 13.0. The van der Waals surface area contributed by atoms with Crippen LogP contribution >= 0.6 is 11.8 Å². The molecule has 0 amide bonds. The Morgan fingerprint density at radius 3 is 3.00 bits per heavy atom. The Balaban J connectivity index is 2.26. The molecule has 2 rings (SSSR count). The highest BCUT2D eigenvalue weighted by atomic mass is 32.2. The van der Waals surface area contributed by atoms with Crippen molar-refractivity contribution in [3.05, 3.63) is 42.0 Å². The summed E-state index contributed by atoms with van der Waals surface area (Å²) in [5.74, 6) is -0.265. The van der Waals surface area contributed by atoms with Crippen molar-refractivity contribution in [3.8, 4) is 0 Å². The molecule has 18 heavy (non-hydrogen) atoms. The molecule has 2 aromatic rings. The quantitative estimate of drug-likeness (QED) is 0.902. The van der Waals surface area contributed by atoms with Crippen molar-refractivity contribution < 1.29 is 8.81 Å². The van der Waals surface area contributed by atoms with E-state index in [2.05, 4.69) is 4.98 Å². The van der Waals surface area contributed by atoms with Gasteiger partial charge in [0.25, 0.3) is 5.22 Å². The first-order chi connectivity index (χ1) is 8.70. The number of aromatic nitrogens is 1. The fourth-order valence-corrected chi connectivity index (χ4v) is 2.44. The van der Waals surface area contributed by atoms with Crippen molar-refractivity contribution in [3.63, 3.8) is 0 Å². The summed E-state index contributed by atoms with van der Waals surface area (Å²) >= 11 is 1.19. The summed E-state index contributed by atoms with van der Waals surface area (Å²) in [5.41, 5.74) is 6.82. The third kappa shape index (κ3) is 3.11. The highest BCUT2D eigenvalue weighted by Gasteiger charge is 2.14. The Morgan fingerprint density at radius 2 is 2.33 bits per heavy atom. The molecule has 0 spiro atoms. The fourth-order valence-electron chi connectivity index (χ4n) is 1.60. The van der Waals surface area contributed by atoms with Crippen molar-refractivity contribution in [1.82, 2.24) is 4.98 Å². The van der Waals surface area contributed by atoms with Gasteiger partial charge in [-0.05, 0) is 36.2 Å². The van der Waals surface area contributed by atoms with Crippen LogP contribution in [0, 0.1) is 5.82 Å². The zero-order valence-electron chi connectivity index (χ0n) is 10.1. The van der Waals surface area contributed by atoms with Gasteiger partial charge in [-0.3, -0.25) is 0 Å². The van der Waals surface area contributed by atoms with E-state index in [0.29, 0.717) is 16.5 Å². The van der Waals surface area contributed by atoms with Gasteiger partial charge in [-0.25, -0.2) is 9.37 Å². The summed E-state index contributed by atoms with van der Waals surface area (Å²) in [7, 11) is 0. The minimum absolute atomic E-state index is 0.0377. The van der Waals surface area contributed by atoms with Crippen molar-refractivity contribution in [2.45, 2.75) is 35.9 Å². The number of nitrogens with zero attached hydrogens (tertiary/aromatic N) is 1. The van der Waals surface area contributed by atoms with Crippen LogP contribution in [0.25, 0.3) is 0 Å². The summed E-state index contributed by atoms with van der Waals surface area (Å²) in [4.78, 5) is 4.54. The maximum absolute atomic E-state index is 13.9. The second kappa shape index (κ2) is 6.02. The van der Waals surface area contributed by atoms with E-state index in [0.717, 1.165) is 12.0 Å². The van der Waals surface area contributed by atoms with E-state index in [9.17, 15) is 4.39 Å². The summed E-state index contributed by atoms with van der Waals surface area (Å²) in [6.45, 7) is 2.02. The topological polar surface area (TPSA) is 52.0 Å². The molecule has 1 unspecified atom stereocenters. The normalized spacial score (nSPS) is 12.6. The van der Waals surface area contributed by atoms with Crippen LogP contribution < -0.4 is 5.73 Å². The van der Waals surface area contributed by atoms with Crippen LogP contribution in [0.1, 0.15) is 18.9 Å². The number of rotatable bonds is 5. The van der Waals surface area contributed by atoms with Crippen LogP contribution in [0.3, 0.4) is 0 Å². The molecule has 0 aliphatic rings. The molecule has 1 heterocycles. The van der Waals surface area contributed by atoms with E-state index in [-0.39, 0.29) is 11.9 Å². The van der Waals surface area contributed by atoms with Crippen LogP contribution in [0.4, 0.5) is 4.39 Å². The monoisotopic (exact) mass is 266 g/mol. The Labute approximate surface area is 110 Å². The Bertz CT molecular complexity index is 502. The standard InChI is InChI=1S/C13H15FN2OS/c1-2-10(15)8-9-4-3-5-11(14)12(9)18-13-16-6-7-17-13/h3-7,10H,2,8,15H2,1H3. The predicted octanol–water partition coefficient (Wildman–Crippen LogP) is 3.24. The lowest BCUT2D eigenvalue weighted by Crippen LogP contribution is -2.21. The lowest BCUT2D eigenvalue weighted by molar-refractivity contribution is 0.453. The Kier molecular flexibility index (Phi) is 4.38. The number of oxazole rings is 1. The average Bonchev–Trinajstić information content (AvgIpc) is 2.86. The summed E-state index contributed by atoms with van der Waals surface area (Å²) in [6, 6.07) is 5.07. The third-order valence-corrected chi connectivity index (χ3v) is 3.69. The molecule has 0 radical (unpaired) electrons. The van der Waals surface area contributed by atoms with E-state index < -0.39 is 0 Å². The highest BCUT2D eigenvalue weighted by Crippen LogP contribution is 2.32. The van der Waals surface area contributed by atoms with Crippen LogP contribution in [0.2, 0.25) is 0 Å². The molecule has 96 valence electrons. The van der Waals surface area contributed by atoms with Crippen LogP contribution in [0.15, 0.2) is 45.2 Å². The molecular weight excluding hydrogens is 251 g/mol. The zero-order valence-corrected chi connectivity index (χ0v) is 10.9. The van der Waals surface area contributed by atoms with Gasteiger partial charge < -0.3 is 10.2 Å². The minimum Gasteiger partial charge on any atom is -0.440 e. The summed E-state index contributed by atoms with van der Waals surface area (Å²) in [6.07, 6.45) is 4.53. The lowest BCUT2D eigenvalue weighted by Gasteiger charge is -2.12. The minimum atomic E-state index is -0.265. The van der Waals surface area contributed by atoms with Crippen LogP contribution in [0.5, 0.6) is 0 Å². The van der Waals surface area contributed by atoms with Gasteiger partial charge >= 0.3 is 0 Å². The molecule has 3 nitrogen and oxygen atoms in total. The summed E-state index contributed by atoms with van der Waals surface area (Å²) in [5, 5.41) is 0.436. The molecule has 0 fully saturated rings. The van der Waals surface area contributed by atoms with Gasteiger partial charge in [0.2, 0.25) is 0 Å². The number of hydrogen-bond donors (Lipinski definition) is 1. The van der Waals surface area contributed by atoms with Crippen molar-refractivity contribution >= 4 is 11.8 Å². The van der Waals surface area contributed by atoms with Crippen LogP contribution in [-0.4, -0.2) is 11.0 Å². The fraction of sp³-hybridized carbons (Fsp3) is 0.308. The number of halogens is 1. The SMILES string of the molecule is CCC(N)Cc1cccc(F)c1Sc1ncco1. The van der Waals surface area contributed by atoms with E-state index in [4.69, 9.17) is 10.2 Å². The largest absolute Gasteiger partial charge is 0.440 e. The number of nitrogens with two attached hydrogens (primary N) is 1. The van der Waals surface area contributed by atoms with Crippen molar-refractivity contribution in [2.75, 3.05) is 0 Å². The van der Waals surface area contributed by atoms with Gasteiger partial charge in [0.15, 0.2) is 0 Å². The summed E-state index contributed by atoms with van der Waals surface area (Å²) < 4.78 is 19.0. The number of hydrogen-bond acceptors (Lipinski definition) is 4. The predicted molar refractivity (Wildman–Crippen MR) is 69.0 cm³/mol. The molecule has 1 atom stereocenters. The van der Waals surface area contributed by atoms with Gasteiger partial charge in [0.05, 0.1) is 11.1 Å². The molecule has 1 aromatic heterocycles. The van der Waals surface area contributed by atoms with E-state index in [1.54, 1.807) is 12.3 Å². The van der Waals surface area contributed by atoms with Gasteiger partial charge in [-0.2, -0.15) is 0 Å². The van der Waals surface area contributed by atoms with E-state index >= 15 is 0 Å². The molecule has 0 saturated carbocycles. The maximum atomic E-state index is 13.9. The second-order valence-corrected chi connectivity index (χ2v) is 4.96. The van der Waals surface area contributed by atoms with Crippen molar-refractivity contribution in [2.24, 2.45) is 5.73 Å². The van der Waals surface area contributed by atoms with Crippen LogP contribution in [-0.2, 0) is 6.42 Å². The van der Waals surface area contributed by atoms with Crippen molar-refractivity contribution in [1.29, 1.82) is 0 Å². The van der Waals surface area contributed by atoms with E-state index in [1.165, 1.54) is 24.1 Å². The first kappa shape index (κ1) is 13.1. The molecule has 2 N–H and O–H groups in total.